The lowest BCUT2D eigenvalue weighted by atomic mass is 9.69. The van der Waals surface area contributed by atoms with Crippen molar-refractivity contribution in [3.8, 4) is 0 Å². The Hall–Kier alpha value is -0.0400. The molecule has 0 aliphatic heterocycles. The summed E-state index contributed by atoms with van der Waals surface area (Å²) >= 11 is 0. The van der Waals surface area contributed by atoms with Crippen LogP contribution in [0.15, 0.2) is 0 Å². The fourth-order valence-corrected chi connectivity index (χ4v) is 4.67. The standard InChI is InChI=1S/C17H31N/c1-13(2)4-3-9-17(12-18-16-7-8-16)11-14-5-6-15(17)10-14/h13-16,18H,3-12H2,1-2H3. The van der Waals surface area contributed by atoms with E-state index in [4.69, 9.17) is 0 Å². The summed E-state index contributed by atoms with van der Waals surface area (Å²) < 4.78 is 0. The van der Waals surface area contributed by atoms with Crippen LogP contribution >= 0.6 is 0 Å². The molecule has 3 unspecified atom stereocenters. The summed E-state index contributed by atoms with van der Waals surface area (Å²) in [5.74, 6) is 3.05. The summed E-state index contributed by atoms with van der Waals surface area (Å²) in [6.45, 7) is 6.09. The Bertz CT molecular complexity index is 281. The van der Waals surface area contributed by atoms with E-state index in [-0.39, 0.29) is 0 Å². The van der Waals surface area contributed by atoms with Crippen molar-refractivity contribution in [1.82, 2.24) is 5.32 Å². The molecule has 0 saturated heterocycles. The van der Waals surface area contributed by atoms with E-state index in [1.54, 1.807) is 25.7 Å². The molecule has 3 atom stereocenters. The van der Waals surface area contributed by atoms with Crippen molar-refractivity contribution in [3.63, 3.8) is 0 Å². The second kappa shape index (κ2) is 5.15. The lowest BCUT2D eigenvalue weighted by Crippen LogP contribution is -2.39. The highest BCUT2D eigenvalue weighted by Gasteiger charge is 2.50. The van der Waals surface area contributed by atoms with Crippen molar-refractivity contribution in [1.29, 1.82) is 0 Å². The quantitative estimate of drug-likeness (QED) is 0.706. The second-order valence-corrected chi connectivity index (χ2v) is 7.88. The highest BCUT2D eigenvalue weighted by Crippen LogP contribution is 2.58. The van der Waals surface area contributed by atoms with Crippen LogP contribution in [0.1, 0.15) is 71.6 Å². The second-order valence-electron chi connectivity index (χ2n) is 7.88. The van der Waals surface area contributed by atoms with Gasteiger partial charge in [0.05, 0.1) is 0 Å². The number of hydrogen-bond acceptors (Lipinski definition) is 1. The Balaban J connectivity index is 1.56. The van der Waals surface area contributed by atoms with Crippen LogP contribution < -0.4 is 5.32 Å². The van der Waals surface area contributed by atoms with E-state index in [0.717, 1.165) is 23.8 Å². The number of nitrogens with one attached hydrogen (secondary N) is 1. The minimum Gasteiger partial charge on any atom is -0.313 e. The molecule has 3 rings (SSSR count). The van der Waals surface area contributed by atoms with Gasteiger partial charge >= 0.3 is 0 Å². The van der Waals surface area contributed by atoms with Gasteiger partial charge < -0.3 is 5.32 Å². The molecule has 0 aromatic heterocycles. The van der Waals surface area contributed by atoms with Gasteiger partial charge in [-0.05, 0) is 61.7 Å². The highest BCUT2D eigenvalue weighted by atomic mass is 15.0. The van der Waals surface area contributed by atoms with Gasteiger partial charge in [0.2, 0.25) is 0 Å². The smallest absolute Gasteiger partial charge is 0.00684 e. The predicted octanol–water partition coefficient (Wildman–Crippen LogP) is 4.37. The van der Waals surface area contributed by atoms with Gasteiger partial charge in [0.15, 0.2) is 0 Å². The first kappa shape index (κ1) is 13.0. The minimum atomic E-state index is 0.709. The van der Waals surface area contributed by atoms with Crippen molar-refractivity contribution in [2.75, 3.05) is 6.54 Å². The van der Waals surface area contributed by atoms with Crippen LogP contribution in [0.5, 0.6) is 0 Å². The molecule has 2 bridgehead atoms. The van der Waals surface area contributed by atoms with Crippen molar-refractivity contribution in [3.05, 3.63) is 0 Å². The number of fused-ring (bicyclic) bond motifs is 2. The van der Waals surface area contributed by atoms with E-state index in [1.165, 1.54) is 38.6 Å². The zero-order chi connectivity index (χ0) is 12.6. The lowest BCUT2D eigenvalue weighted by molar-refractivity contribution is 0.136. The molecule has 1 N–H and O–H groups in total. The molecule has 0 heterocycles. The molecule has 1 heteroatoms. The van der Waals surface area contributed by atoms with Gasteiger partial charge in [-0.3, -0.25) is 0 Å². The monoisotopic (exact) mass is 249 g/mol. The summed E-state index contributed by atoms with van der Waals surface area (Å²) in [7, 11) is 0. The average Bonchev–Trinajstić information content (AvgIpc) is 2.96. The number of hydrogen-bond donors (Lipinski definition) is 1. The first-order valence-electron chi connectivity index (χ1n) is 8.41. The van der Waals surface area contributed by atoms with Crippen molar-refractivity contribution < 1.29 is 0 Å². The third kappa shape index (κ3) is 2.76. The van der Waals surface area contributed by atoms with E-state index in [2.05, 4.69) is 19.2 Å². The maximum absolute atomic E-state index is 3.86. The van der Waals surface area contributed by atoms with Gasteiger partial charge in [-0.2, -0.15) is 0 Å². The third-order valence-corrected chi connectivity index (χ3v) is 5.88. The Morgan fingerprint density at radius 2 is 2.00 bits per heavy atom. The Kier molecular flexibility index (Phi) is 3.71. The zero-order valence-corrected chi connectivity index (χ0v) is 12.4. The average molecular weight is 249 g/mol. The Morgan fingerprint density at radius 1 is 1.17 bits per heavy atom. The molecule has 3 saturated carbocycles. The molecule has 1 nitrogen and oxygen atoms in total. The molecule has 3 aliphatic rings. The van der Waals surface area contributed by atoms with Crippen molar-refractivity contribution in [2.24, 2.45) is 23.2 Å². The van der Waals surface area contributed by atoms with E-state index in [0.29, 0.717) is 5.41 Å². The third-order valence-electron chi connectivity index (χ3n) is 5.88. The van der Waals surface area contributed by atoms with E-state index in [9.17, 15) is 0 Å². The first-order chi connectivity index (χ1) is 8.68. The maximum Gasteiger partial charge on any atom is 0.00684 e. The minimum absolute atomic E-state index is 0.709. The van der Waals surface area contributed by atoms with Gasteiger partial charge in [0.25, 0.3) is 0 Å². The normalized spacial score (nSPS) is 38.8. The molecular weight excluding hydrogens is 218 g/mol. The zero-order valence-electron chi connectivity index (χ0n) is 12.4. The van der Waals surface area contributed by atoms with Gasteiger partial charge in [-0.25, -0.2) is 0 Å². The number of rotatable bonds is 7. The molecule has 104 valence electrons. The van der Waals surface area contributed by atoms with E-state index >= 15 is 0 Å². The molecule has 18 heavy (non-hydrogen) atoms. The molecule has 0 radical (unpaired) electrons. The summed E-state index contributed by atoms with van der Waals surface area (Å²) in [6.07, 6.45) is 13.5. The lowest BCUT2D eigenvalue weighted by Gasteiger charge is -2.38. The van der Waals surface area contributed by atoms with Crippen LogP contribution in [0.2, 0.25) is 0 Å². The maximum atomic E-state index is 3.86. The predicted molar refractivity (Wildman–Crippen MR) is 77.6 cm³/mol. The Labute approximate surface area is 113 Å². The molecule has 0 spiro atoms. The van der Waals surface area contributed by atoms with Crippen molar-refractivity contribution in [2.45, 2.75) is 77.7 Å². The molecule has 0 amide bonds. The van der Waals surface area contributed by atoms with Gasteiger partial charge in [0, 0.05) is 12.6 Å². The van der Waals surface area contributed by atoms with Gasteiger partial charge in [0.1, 0.15) is 0 Å². The largest absolute Gasteiger partial charge is 0.313 e. The van der Waals surface area contributed by atoms with Crippen molar-refractivity contribution >= 4 is 0 Å². The Morgan fingerprint density at radius 3 is 2.56 bits per heavy atom. The summed E-state index contributed by atoms with van der Waals surface area (Å²) in [5, 5.41) is 3.86. The first-order valence-corrected chi connectivity index (χ1v) is 8.41. The van der Waals surface area contributed by atoms with Crippen LogP contribution in [0.25, 0.3) is 0 Å². The van der Waals surface area contributed by atoms with Crippen LogP contribution in [0.4, 0.5) is 0 Å². The summed E-state index contributed by atoms with van der Waals surface area (Å²) in [6, 6.07) is 0.895. The van der Waals surface area contributed by atoms with Crippen LogP contribution in [-0.2, 0) is 0 Å². The van der Waals surface area contributed by atoms with Gasteiger partial charge in [-0.15, -0.1) is 0 Å². The van der Waals surface area contributed by atoms with E-state index < -0.39 is 0 Å². The van der Waals surface area contributed by atoms with Crippen LogP contribution in [-0.4, -0.2) is 12.6 Å². The van der Waals surface area contributed by atoms with Crippen LogP contribution in [0, 0.1) is 23.2 Å². The van der Waals surface area contributed by atoms with Gasteiger partial charge in [-0.1, -0.05) is 33.1 Å². The fraction of sp³-hybridized carbons (Fsp3) is 1.00. The molecule has 0 aromatic rings. The SMILES string of the molecule is CC(C)CCCC1(CNC2CC2)CC2CCC1C2. The molecule has 3 fully saturated rings. The summed E-state index contributed by atoms with van der Waals surface area (Å²) in [5.41, 5.74) is 0.709. The highest BCUT2D eigenvalue weighted by molar-refractivity contribution is 5.02. The fourth-order valence-electron chi connectivity index (χ4n) is 4.67. The summed E-state index contributed by atoms with van der Waals surface area (Å²) in [4.78, 5) is 0. The topological polar surface area (TPSA) is 12.0 Å². The molecule has 3 aliphatic carbocycles. The van der Waals surface area contributed by atoms with Crippen LogP contribution in [0.3, 0.4) is 0 Å². The van der Waals surface area contributed by atoms with E-state index in [1.807, 2.05) is 0 Å². The molecular formula is C17H31N. The molecule has 0 aromatic carbocycles.